The molecule has 0 fully saturated rings. The summed E-state index contributed by atoms with van der Waals surface area (Å²) in [7, 11) is 0. The quantitative estimate of drug-likeness (QED) is 0.0379. The minimum Gasteiger partial charge on any atom is -0.493 e. The SMILES string of the molecule is C.CCCCc1ccc(Cl)cc1OC(C)CC.CCCCc1ccc(Cl)cc1OCCC.CCCCc1ccc(F)cc1OC(C)CC.CCCCc1ccc(F)cc1OCCC.CCCCc1cccc2c1OC(CC)CC2.CCCCc1ccccc1OC(C)CC.CCCCc1ccccc1OCCC. The molecule has 0 aliphatic carbocycles. The maximum Gasteiger partial charge on any atom is 0.126 e. The van der Waals surface area contributed by atoms with E-state index in [4.69, 9.17) is 56.4 Å². The van der Waals surface area contributed by atoms with Gasteiger partial charge in [-0.3, -0.25) is 0 Å². The molecule has 11 heteroatoms. The van der Waals surface area contributed by atoms with Crippen LogP contribution >= 0.6 is 23.2 Å². The second-order valence-corrected chi connectivity index (χ2v) is 29.0. The van der Waals surface area contributed by atoms with E-state index in [2.05, 4.69) is 171 Å². The van der Waals surface area contributed by atoms with Gasteiger partial charge in [-0.2, -0.15) is 0 Å². The van der Waals surface area contributed by atoms with Crippen molar-refractivity contribution in [3.8, 4) is 40.2 Å². The second kappa shape index (κ2) is 63.2. The molecular formula is C97H148Cl2F2O7. The maximum absolute atomic E-state index is 13.1. The van der Waals surface area contributed by atoms with Gasteiger partial charge >= 0.3 is 0 Å². The zero-order valence-corrected chi connectivity index (χ0v) is 71.3. The number of aryl methyl sites for hydroxylation is 8. The Hall–Kier alpha value is -6.42. The van der Waals surface area contributed by atoms with Crippen LogP contribution in [0.4, 0.5) is 8.78 Å². The summed E-state index contributed by atoms with van der Waals surface area (Å²) >= 11 is 11.9. The van der Waals surface area contributed by atoms with E-state index in [0.29, 0.717) is 30.3 Å². The average molecular weight is 1540 g/mol. The van der Waals surface area contributed by atoms with Crippen LogP contribution in [0.2, 0.25) is 10.0 Å². The third-order valence-electron chi connectivity index (χ3n) is 18.4. The Kier molecular flexibility index (Phi) is 58.3. The molecule has 7 nitrogen and oxygen atoms in total. The molecule has 1 aliphatic heterocycles. The molecule has 0 amide bonds. The molecule has 0 aromatic heterocycles. The van der Waals surface area contributed by atoms with Crippen LogP contribution in [0.15, 0.2) is 140 Å². The van der Waals surface area contributed by atoms with Crippen LogP contribution < -0.4 is 33.2 Å². The first-order valence-electron chi connectivity index (χ1n) is 41.8. The van der Waals surface area contributed by atoms with Crippen molar-refractivity contribution in [2.45, 2.75) is 342 Å². The molecule has 4 unspecified atom stereocenters. The summed E-state index contributed by atoms with van der Waals surface area (Å²) in [4.78, 5) is 0. The fourth-order valence-electron chi connectivity index (χ4n) is 11.2. The van der Waals surface area contributed by atoms with Crippen LogP contribution in [0.5, 0.6) is 40.2 Å². The number of unbranched alkanes of at least 4 members (excludes halogenated alkanes) is 7. The predicted octanol–water partition coefficient (Wildman–Crippen LogP) is 30.4. The van der Waals surface area contributed by atoms with Crippen molar-refractivity contribution in [3.63, 3.8) is 0 Å². The molecule has 7 aromatic carbocycles. The van der Waals surface area contributed by atoms with Crippen LogP contribution in [0.1, 0.15) is 311 Å². The molecule has 108 heavy (non-hydrogen) atoms. The Morgan fingerprint density at radius 3 is 1.07 bits per heavy atom. The highest BCUT2D eigenvalue weighted by Crippen LogP contribution is 2.34. The van der Waals surface area contributed by atoms with Gasteiger partial charge in [-0.05, 0) is 261 Å². The number of para-hydroxylation sites is 3. The lowest BCUT2D eigenvalue weighted by molar-refractivity contribution is 0.167. The van der Waals surface area contributed by atoms with Crippen LogP contribution in [0.3, 0.4) is 0 Å². The number of hydrogen-bond donors (Lipinski definition) is 0. The van der Waals surface area contributed by atoms with Crippen molar-refractivity contribution < 1.29 is 41.9 Å². The van der Waals surface area contributed by atoms with E-state index in [0.717, 1.165) is 173 Å². The largest absolute Gasteiger partial charge is 0.493 e. The summed E-state index contributed by atoms with van der Waals surface area (Å²) in [6, 6.07) is 44.9. The van der Waals surface area contributed by atoms with E-state index in [1.54, 1.807) is 0 Å². The van der Waals surface area contributed by atoms with Gasteiger partial charge in [0, 0.05) is 22.2 Å². The highest BCUT2D eigenvalue weighted by atomic mass is 35.5. The van der Waals surface area contributed by atoms with Gasteiger partial charge in [0.2, 0.25) is 0 Å². The van der Waals surface area contributed by atoms with Crippen LogP contribution in [-0.2, 0) is 51.4 Å². The first kappa shape index (κ1) is 99.6. The topological polar surface area (TPSA) is 64.6 Å². The van der Waals surface area contributed by atoms with Crippen LogP contribution in [0, 0.1) is 11.6 Å². The third kappa shape index (κ3) is 42.7. The van der Waals surface area contributed by atoms with E-state index >= 15 is 0 Å². The zero-order valence-electron chi connectivity index (χ0n) is 69.8. The molecule has 7 aromatic rings. The maximum atomic E-state index is 13.1. The lowest BCUT2D eigenvalue weighted by atomic mass is 9.96. The Morgan fingerprint density at radius 2 is 0.667 bits per heavy atom. The number of ether oxygens (including phenoxy) is 7. The summed E-state index contributed by atoms with van der Waals surface area (Å²) in [5, 5.41) is 1.50. The lowest BCUT2D eigenvalue weighted by Gasteiger charge is -2.27. The van der Waals surface area contributed by atoms with Crippen LogP contribution in [-0.4, -0.2) is 44.2 Å². The van der Waals surface area contributed by atoms with E-state index in [-0.39, 0.29) is 31.3 Å². The van der Waals surface area contributed by atoms with Gasteiger partial charge in [0.1, 0.15) is 51.9 Å². The van der Waals surface area contributed by atoms with E-state index in [1.807, 2.05) is 62.4 Å². The van der Waals surface area contributed by atoms with Gasteiger partial charge in [-0.1, -0.05) is 251 Å². The zero-order chi connectivity index (χ0) is 78.8. The summed E-state index contributed by atoms with van der Waals surface area (Å²) in [5.74, 6) is 6.23. The molecule has 0 N–H and O–H groups in total. The Morgan fingerprint density at radius 1 is 0.352 bits per heavy atom. The van der Waals surface area contributed by atoms with Crippen molar-refractivity contribution in [3.05, 3.63) is 206 Å². The number of benzene rings is 7. The smallest absolute Gasteiger partial charge is 0.126 e. The van der Waals surface area contributed by atoms with Gasteiger partial charge < -0.3 is 33.2 Å². The minimum absolute atomic E-state index is 0. The number of rotatable bonds is 40. The second-order valence-electron chi connectivity index (χ2n) is 28.1. The monoisotopic (exact) mass is 1530 g/mol. The first-order valence-corrected chi connectivity index (χ1v) is 42.6. The third-order valence-corrected chi connectivity index (χ3v) is 18.9. The molecule has 8 rings (SSSR count). The molecule has 4 atom stereocenters. The Balaban J connectivity index is 0.000000629. The fraction of sp³-hybridized carbons (Fsp3) is 0.567. The summed E-state index contributed by atoms with van der Waals surface area (Å²) in [6.07, 6.45) is 35.0. The fourth-order valence-corrected chi connectivity index (χ4v) is 11.5. The normalized spacial score (nSPS) is 12.4. The predicted molar refractivity (Wildman–Crippen MR) is 464 cm³/mol. The number of fused-ring (bicyclic) bond motifs is 1. The molecular weight excluding hydrogens is 1390 g/mol. The van der Waals surface area contributed by atoms with Crippen molar-refractivity contribution in [1.29, 1.82) is 0 Å². The standard InChI is InChI=1S/C15H22O.C14H21ClO.C14H21FO.C14H22O.C13H19ClO.C13H19FO.C13H20O.CH4/c1-3-5-7-12-8-6-9-13-10-11-14(4-2)16-15(12)13;2*1-4-6-7-12-8-9-13(15)10-14(12)16-11(3)5-2;1-4-6-9-13-10-7-8-11-14(13)15-12(3)5-2;2*1-3-5-6-11-7-8-12(14)10-13(11)15-9-4-2;1-3-5-8-12-9-6-7-10-13(12)14-11-4-2;/h6,8-9,14H,3-5,7,10-11H2,1-2H3;2*8-11H,4-7H2,1-3H3;7-8,10-12H,4-6,9H2,1-3H3;2*7-8,10H,3-6,9H2,1-2H3;6-7,9-10H,3-5,8,11H2,1-2H3;1H4. The van der Waals surface area contributed by atoms with Crippen molar-refractivity contribution in [1.82, 2.24) is 0 Å². The summed E-state index contributed by atoms with van der Waals surface area (Å²) in [5.41, 5.74) is 10.3. The Labute approximate surface area is 669 Å². The van der Waals surface area contributed by atoms with Gasteiger partial charge in [0.05, 0.1) is 44.2 Å². The molecule has 0 saturated heterocycles. The lowest BCUT2D eigenvalue weighted by Crippen LogP contribution is -2.22. The van der Waals surface area contributed by atoms with E-state index in [9.17, 15) is 8.78 Å². The molecule has 1 aliphatic rings. The average Bonchev–Trinajstić information content (AvgIpc) is 0.820. The minimum atomic E-state index is -0.224. The van der Waals surface area contributed by atoms with Crippen molar-refractivity contribution in [2.24, 2.45) is 0 Å². The summed E-state index contributed by atoms with van der Waals surface area (Å²) < 4.78 is 66.7. The Bertz CT molecular complexity index is 3200. The van der Waals surface area contributed by atoms with Gasteiger partial charge in [0.25, 0.3) is 0 Å². The van der Waals surface area contributed by atoms with Crippen molar-refractivity contribution in [2.75, 3.05) is 19.8 Å². The molecule has 0 saturated carbocycles. The molecule has 0 spiro atoms. The summed E-state index contributed by atoms with van der Waals surface area (Å²) in [6.45, 7) is 38.7. The van der Waals surface area contributed by atoms with E-state index in [1.165, 1.54) is 140 Å². The molecule has 606 valence electrons. The van der Waals surface area contributed by atoms with Gasteiger partial charge in [-0.25, -0.2) is 8.78 Å². The van der Waals surface area contributed by atoms with Gasteiger partial charge in [0.15, 0.2) is 0 Å². The van der Waals surface area contributed by atoms with Gasteiger partial charge in [-0.15, -0.1) is 0 Å². The number of halogens is 4. The van der Waals surface area contributed by atoms with Crippen molar-refractivity contribution >= 4 is 23.2 Å². The van der Waals surface area contributed by atoms with Crippen LogP contribution in [0.25, 0.3) is 0 Å². The highest BCUT2D eigenvalue weighted by Gasteiger charge is 2.21. The number of hydrogen-bond acceptors (Lipinski definition) is 7. The molecule has 1 heterocycles. The van der Waals surface area contributed by atoms with E-state index < -0.39 is 0 Å². The highest BCUT2D eigenvalue weighted by molar-refractivity contribution is 6.31. The molecule has 0 radical (unpaired) electrons. The molecule has 0 bridgehead atoms. The first-order chi connectivity index (χ1) is 51.9.